The second-order valence-corrected chi connectivity index (χ2v) is 8.84. The van der Waals surface area contributed by atoms with Gasteiger partial charge in [-0.15, -0.1) is 0 Å². The van der Waals surface area contributed by atoms with Gasteiger partial charge in [0, 0.05) is 16.1 Å². The van der Waals surface area contributed by atoms with Crippen molar-refractivity contribution in [3.8, 4) is 17.6 Å². The van der Waals surface area contributed by atoms with E-state index in [9.17, 15) is 19.2 Å². The van der Waals surface area contributed by atoms with Gasteiger partial charge >= 0.3 is 0 Å². The molecule has 0 N–H and O–H groups in total. The van der Waals surface area contributed by atoms with Gasteiger partial charge in [0.25, 0.3) is 11.1 Å². The van der Waals surface area contributed by atoms with Crippen LogP contribution in [-0.2, 0) is 17.9 Å². The van der Waals surface area contributed by atoms with Crippen molar-refractivity contribution in [1.82, 2.24) is 4.90 Å². The topological polar surface area (TPSA) is 79.6 Å². The van der Waals surface area contributed by atoms with E-state index < -0.39 is 17.0 Å². The van der Waals surface area contributed by atoms with E-state index in [1.807, 2.05) is 12.1 Å². The first kappa shape index (κ1) is 24.3. The number of hydrogen-bond acceptors (Lipinski definition) is 6. The van der Waals surface area contributed by atoms with Crippen molar-refractivity contribution in [3.05, 3.63) is 98.7 Å². The zero-order valence-corrected chi connectivity index (χ0v) is 20.0. The van der Waals surface area contributed by atoms with Gasteiger partial charge in [-0.05, 0) is 53.7 Å². The quantitative estimate of drug-likeness (QED) is 0.355. The van der Waals surface area contributed by atoms with E-state index in [1.165, 1.54) is 25.3 Å². The lowest BCUT2D eigenvalue weighted by atomic mass is 10.1. The first-order valence-corrected chi connectivity index (χ1v) is 11.6. The van der Waals surface area contributed by atoms with Crippen LogP contribution in [0.15, 0.2) is 65.6 Å². The molecule has 2 amide bonds. The van der Waals surface area contributed by atoms with Crippen molar-refractivity contribution in [2.45, 2.75) is 13.2 Å². The standard InChI is InChI=1S/C26H18ClFN2O4S/c1-33-23-11-16(9-10-22(23)34-15-18-6-3-2-5-17(18)13-29)12-24-25(31)30(26(32)35-24)14-19-20(27)7-4-8-21(19)28/h2-12H,14-15H2,1H3/b24-12+. The van der Waals surface area contributed by atoms with Crippen LogP contribution in [-0.4, -0.2) is 23.2 Å². The molecule has 35 heavy (non-hydrogen) atoms. The molecule has 1 saturated heterocycles. The summed E-state index contributed by atoms with van der Waals surface area (Å²) in [6, 6.07) is 18.5. The van der Waals surface area contributed by atoms with Crippen molar-refractivity contribution >= 4 is 40.6 Å². The lowest BCUT2D eigenvalue weighted by Gasteiger charge is -2.14. The zero-order chi connectivity index (χ0) is 24.9. The number of amides is 2. The predicted octanol–water partition coefficient (Wildman–Crippen LogP) is 6.17. The predicted molar refractivity (Wildman–Crippen MR) is 131 cm³/mol. The Labute approximate surface area is 210 Å². The van der Waals surface area contributed by atoms with Crippen molar-refractivity contribution in [2.24, 2.45) is 0 Å². The molecule has 1 aliphatic rings. The van der Waals surface area contributed by atoms with Gasteiger partial charge in [-0.1, -0.05) is 41.9 Å². The lowest BCUT2D eigenvalue weighted by molar-refractivity contribution is -0.123. The Kier molecular flexibility index (Phi) is 7.39. The Morgan fingerprint density at radius 1 is 1.11 bits per heavy atom. The Morgan fingerprint density at radius 3 is 2.66 bits per heavy atom. The molecule has 4 rings (SSSR count). The fourth-order valence-electron chi connectivity index (χ4n) is 3.43. The molecule has 6 nitrogen and oxygen atoms in total. The van der Waals surface area contributed by atoms with Crippen LogP contribution < -0.4 is 9.47 Å². The number of halogens is 2. The first-order valence-electron chi connectivity index (χ1n) is 10.4. The summed E-state index contributed by atoms with van der Waals surface area (Å²) in [4.78, 5) is 26.5. The third-order valence-corrected chi connectivity index (χ3v) is 6.52. The maximum Gasteiger partial charge on any atom is 0.293 e. The van der Waals surface area contributed by atoms with Crippen molar-refractivity contribution in [3.63, 3.8) is 0 Å². The van der Waals surface area contributed by atoms with E-state index in [0.29, 0.717) is 22.6 Å². The highest BCUT2D eigenvalue weighted by atomic mass is 35.5. The molecule has 3 aromatic carbocycles. The highest BCUT2D eigenvalue weighted by molar-refractivity contribution is 8.18. The van der Waals surface area contributed by atoms with Gasteiger partial charge in [0.15, 0.2) is 11.5 Å². The average Bonchev–Trinajstić information content (AvgIpc) is 3.12. The highest BCUT2D eigenvalue weighted by Gasteiger charge is 2.36. The fourth-order valence-corrected chi connectivity index (χ4v) is 4.49. The molecular weight excluding hydrogens is 491 g/mol. The summed E-state index contributed by atoms with van der Waals surface area (Å²) in [5, 5.41) is 8.87. The second-order valence-electron chi connectivity index (χ2n) is 7.44. The minimum atomic E-state index is -0.585. The lowest BCUT2D eigenvalue weighted by Crippen LogP contribution is -2.28. The normalized spacial score (nSPS) is 14.3. The molecule has 0 saturated carbocycles. The monoisotopic (exact) mass is 508 g/mol. The Bertz CT molecular complexity index is 1370. The molecule has 1 fully saturated rings. The zero-order valence-electron chi connectivity index (χ0n) is 18.5. The van der Waals surface area contributed by atoms with Crippen molar-refractivity contribution in [2.75, 3.05) is 7.11 Å². The molecular formula is C26H18ClFN2O4S. The van der Waals surface area contributed by atoms with Crippen LogP contribution in [0.5, 0.6) is 11.5 Å². The van der Waals surface area contributed by atoms with Crippen LogP contribution in [0.4, 0.5) is 9.18 Å². The van der Waals surface area contributed by atoms with Gasteiger partial charge in [0.2, 0.25) is 0 Å². The number of rotatable bonds is 7. The average molecular weight is 509 g/mol. The Hall–Kier alpha value is -3.80. The Morgan fingerprint density at radius 2 is 1.91 bits per heavy atom. The van der Waals surface area contributed by atoms with Gasteiger partial charge in [-0.2, -0.15) is 5.26 Å². The van der Waals surface area contributed by atoms with Crippen LogP contribution >= 0.6 is 23.4 Å². The number of hydrogen-bond donors (Lipinski definition) is 0. The van der Waals surface area contributed by atoms with Crippen LogP contribution in [0.25, 0.3) is 6.08 Å². The van der Waals surface area contributed by atoms with Crippen LogP contribution in [0, 0.1) is 17.1 Å². The van der Waals surface area contributed by atoms with Crippen LogP contribution in [0.1, 0.15) is 22.3 Å². The molecule has 9 heteroatoms. The number of benzene rings is 3. The summed E-state index contributed by atoms with van der Waals surface area (Å²) in [6.45, 7) is -0.0787. The number of carbonyl (C=O) groups is 2. The minimum absolute atomic E-state index is 0.0823. The van der Waals surface area contributed by atoms with E-state index in [4.69, 9.17) is 21.1 Å². The molecule has 3 aromatic rings. The van der Waals surface area contributed by atoms with E-state index in [-0.39, 0.29) is 28.6 Å². The number of nitriles is 1. The summed E-state index contributed by atoms with van der Waals surface area (Å²) in [6.07, 6.45) is 1.56. The second kappa shape index (κ2) is 10.6. The van der Waals surface area contributed by atoms with Crippen molar-refractivity contribution in [1.29, 1.82) is 5.26 Å². The van der Waals surface area contributed by atoms with Crippen LogP contribution in [0.3, 0.4) is 0 Å². The van der Waals surface area contributed by atoms with Gasteiger partial charge in [-0.3, -0.25) is 14.5 Å². The van der Waals surface area contributed by atoms with E-state index in [0.717, 1.165) is 22.2 Å². The SMILES string of the molecule is COc1cc(/C=C2/SC(=O)N(Cc3c(F)cccc3Cl)C2=O)ccc1OCc1ccccc1C#N. The molecule has 1 aliphatic heterocycles. The molecule has 0 radical (unpaired) electrons. The third kappa shape index (κ3) is 5.32. The number of nitrogens with zero attached hydrogens (tertiary/aromatic N) is 2. The van der Waals surface area contributed by atoms with Gasteiger partial charge in [0.05, 0.1) is 30.2 Å². The summed E-state index contributed by atoms with van der Waals surface area (Å²) < 4.78 is 25.4. The molecule has 176 valence electrons. The van der Waals surface area contributed by atoms with Crippen LogP contribution in [0.2, 0.25) is 5.02 Å². The molecule has 0 spiro atoms. The van der Waals surface area contributed by atoms with E-state index in [2.05, 4.69) is 6.07 Å². The molecule has 0 aliphatic carbocycles. The van der Waals surface area contributed by atoms with Gasteiger partial charge in [-0.25, -0.2) is 4.39 Å². The summed E-state index contributed by atoms with van der Waals surface area (Å²) in [7, 11) is 1.49. The maximum absolute atomic E-state index is 14.1. The Balaban J connectivity index is 1.52. The third-order valence-electron chi connectivity index (χ3n) is 5.26. The first-order chi connectivity index (χ1) is 16.9. The van der Waals surface area contributed by atoms with E-state index in [1.54, 1.807) is 36.4 Å². The summed E-state index contributed by atoms with van der Waals surface area (Å²) >= 11 is 6.81. The molecule has 0 unspecified atom stereocenters. The summed E-state index contributed by atoms with van der Waals surface area (Å²) in [5.74, 6) is -0.241. The number of ether oxygens (including phenoxy) is 2. The van der Waals surface area contributed by atoms with Gasteiger partial charge < -0.3 is 9.47 Å². The molecule has 0 bridgehead atoms. The maximum atomic E-state index is 14.1. The minimum Gasteiger partial charge on any atom is -0.493 e. The molecule has 1 heterocycles. The smallest absolute Gasteiger partial charge is 0.293 e. The largest absolute Gasteiger partial charge is 0.493 e. The van der Waals surface area contributed by atoms with Gasteiger partial charge in [0.1, 0.15) is 12.4 Å². The van der Waals surface area contributed by atoms with Crippen molar-refractivity contribution < 1.29 is 23.5 Å². The fraction of sp³-hybridized carbons (Fsp3) is 0.115. The number of thioether (sulfide) groups is 1. The summed E-state index contributed by atoms with van der Waals surface area (Å²) in [5.41, 5.74) is 1.96. The number of imide groups is 1. The molecule has 0 aromatic heterocycles. The number of methoxy groups -OCH3 is 1. The molecule has 0 atom stereocenters. The number of carbonyl (C=O) groups excluding carboxylic acids is 2. The highest BCUT2D eigenvalue weighted by Crippen LogP contribution is 2.36. The van der Waals surface area contributed by atoms with E-state index >= 15 is 0 Å².